The summed E-state index contributed by atoms with van der Waals surface area (Å²) >= 11 is 1.88. The highest BCUT2D eigenvalue weighted by molar-refractivity contribution is 7.25. The van der Waals surface area contributed by atoms with Gasteiger partial charge in [-0.3, -0.25) is 0 Å². The fraction of sp³-hybridized carbons (Fsp3) is 0.400. The van der Waals surface area contributed by atoms with Gasteiger partial charge in [0.05, 0.1) is 13.2 Å². The Labute approximate surface area is 505 Å². The molecule has 8 aromatic carbocycles. The normalized spacial score (nSPS) is 12.4. The molecule has 0 unspecified atom stereocenters. The van der Waals surface area contributed by atoms with Crippen molar-refractivity contribution < 1.29 is 9.47 Å². The van der Waals surface area contributed by atoms with Gasteiger partial charge in [0.1, 0.15) is 11.5 Å². The summed E-state index contributed by atoms with van der Waals surface area (Å²) in [5.74, 6) is 1.87. The van der Waals surface area contributed by atoms with Gasteiger partial charge in [-0.2, -0.15) is 0 Å². The zero-order chi connectivity index (χ0) is 59.1. The molecule has 83 heavy (non-hydrogen) atoms. The van der Waals surface area contributed by atoms with E-state index in [9.17, 15) is 0 Å². The van der Waals surface area contributed by atoms with Crippen molar-refractivity contribution in [3.63, 3.8) is 0 Å². The fourth-order valence-electron chi connectivity index (χ4n) is 11.5. The second kappa shape index (κ2) is 26.2. The van der Waals surface area contributed by atoms with Crippen LogP contribution >= 0.6 is 11.3 Å². The van der Waals surface area contributed by atoms with Gasteiger partial charge in [0.2, 0.25) is 0 Å². The zero-order valence-corrected chi connectivity index (χ0v) is 54.0. The van der Waals surface area contributed by atoms with Crippen molar-refractivity contribution in [2.75, 3.05) is 13.2 Å². The SMILES string of the molecule is CCCCCCCCOc1cc2c(cc1-c1cc(-c3ccc(C(C)(C)C)cc3)cc(-c3ccc(C(C)(C)C)cc3)c1)sc1cc(-c3cc(-c4ccc(C(C)(C)C)cc4)cc(-c4ccc(C(C)(C)C)cc4)c3)c(OCCCCCCCC)cc12. The van der Waals surface area contributed by atoms with Crippen LogP contribution in [0.15, 0.2) is 158 Å². The molecule has 1 aromatic heterocycles. The molecular formula is C80H96O2S. The van der Waals surface area contributed by atoms with Crippen LogP contribution in [0.2, 0.25) is 0 Å². The first kappa shape index (κ1) is 61.1. The Bertz CT molecular complexity index is 3190. The van der Waals surface area contributed by atoms with E-state index in [1.54, 1.807) is 0 Å². The van der Waals surface area contributed by atoms with Crippen molar-refractivity contribution in [2.45, 2.75) is 196 Å². The highest BCUT2D eigenvalue weighted by Crippen LogP contribution is 2.48. The maximum Gasteiger partial charge on any atom is 0.127 e. The predicted molar refractivity (Wildman–Crippen MR) is 364 cm³/mol. The fourth-order valence-corrected chi connectivity index (χ4v) is 12.7. The van der Waals surface area contributed by atoms with Crippen LogP contribution in [0.25, 0.3) is 86.9 Å². The van der Waals surface area contributed by atoms with Crippen molar-refractivity contribution in [1.82, 2.24) is 0 Å². The number of fused-ring (bicyclic) bond motifs is 3. The molecule has 0 fully saturated rings. The molecule has 0 saturated carbocycles. The van der Waals surface area contributed by atoms with Gasteiger partial charge in [0.15, 0.2) is 0 Å². The van der Waals surface area contributed by atoms with Gasteiger partial charge in [0, 0.05) is 31.3 Å². The molecule has 0 aliphatic heterocycles. The van der Waals surface area contributed by atoms with Crippen LogP contribution < -0.4 is 9.47 Å². The molecule has 434 valence electrons. The monoisotopic (exact) mass is 1120 g/mol. The molecule has 1 heterocycles. The van der Waals surface area contributed by atoms with E-state index >= 15 is 0 Å². The molecule has 9 aromatic rings. The number of unbranched alkanes of at least 4 members (excludes halogenated alkanes) is 10. The summed E-state index contributed by atoms with van der Waals surface area (Å²) in [5, 5.41) is 2.42. The molecule has 0 aliphatic rings. The number of hydrogen-bond acceptors (Lipinski definition) is 3. The first-order chi connectivity index (χ1) is 39.6. The standard InChI is InChI=1S/C80H96O2S/c1-15-17-19-21-23-25-43-81-73-51-71-72-52-74(82-44-26-24-22-20-18-16-2)70(64-49-61(57-31-39-67(40-32-57)79(9,10)11)46-62(50-64)58-33-41-68(42-34-58)80(12,13)14)54-76(72)83-75(71)53-69(73)63-47-59(55-27-35-65(36-28-55)77(3,4)5)45-60(48-63)56-29-37-66(38-30-56)78(6,7)8/h27-42,45-54H,15-26,43-44H2,1-14H3. The smallest absolute Gasteiger partial charge is 0.127 e. The molecule has 0 amide bonds. The number of thiophene rings is 1. The molecular weight excluding hydrogens is 1020 g/mol. The average Bonchev–Trinajstić information content (AvgIpc) is 3.06. The lowest BCUT2D eigenvalue weighted by Gasteiger charge is -2.20. The molecule has 0 saturated heterocycles. The van der Waals surface area contributed by atoms with Crippen LogP contribution in [0, 0.1) is 0 Å². The Morgan fingerprint density at radius 2 is 0.530 bits per heavy atom. The number of ether oxygens (including phenoxy) is 2. The van der Waals surface area contributed by atoms with E-state index in [1.807, 2.05) is 11.3 Å². The summed E-state index contributed by atoms with van der Waals surface area (Å²) < 4.78 is 16.7. The minimum absolute atomic E-state index is 0.0641. The Balaban J connectivity index is 1.22. The summed E-state index contributed by atoms with van der Waals surface area (Å²) in [7, 11) is 0. The lowest BCUT2D eigenvalue weighted by atomic mass is 9.85. The second-order valence-electron chi connectivity index (χ2n) is 27.9. The van der Waals surface area contributed by atoms with Gasteiger partial charge in [-0.05, 0) is 173 Å². The van der Waals surface area contributed by atoms with Crippen LogP contribution in [0.3, 0.4) is 0 Å². The minimum atomic E-state index is 0.0641. The van der Waals surface area contributed by atoms with Gasteiger partial charge in [0.25, 0.3) is 0 Å². The minimum Gasteiger partial charge on any atom is -0.493 e. The summed E-state index contributed by atoms with van der Waals surface area (Å²) in [6, 6.07) is 60.9. The van der Waals surface area contributed by atoms with Gasteiger partial charge >= 0.3 is 0 Å². The van der Waals surface area contributed by atoms with Crippen molar-refractivity contribution in [3.8, 4) is 78.3 Å². The van der Waals surface area contributed by atoms with Gasteiger partial charge in [-0.25, -0.2) is 0 Å². The van der Waals surface area contributed by atoms with Gasteiger partial charge in [-0.15, -0.1) is 11.3 Å². The van der Waals surface area contributed by atoms with Crippen molar-refractivity contribution in [2.24, 2.45) is 0 Å². The second-order valence-corrected chi connectivity index (χ2v) is 29.0. The van der Waals surface area contributed by atoms with E-state index in [1.165, 1.54) is 151 Å². The Morgan fingerprint density at radius 1 is 0.277 bits per heavy atom. The van der Waals surface area contributed by atoms with Crippen LogP contribution in [0.1, 0.15) is 196 Å². The first-order valence-electron chi connectivity index (χ1n) is 31.6. The molecule has 0 N–H and O–H groups in total. The lowest BCUT2D eigenvalue weighted by molar-refractivity contribution is 0.305. The number of rotatable bonds is 22. The predicted octanol–water partition coefficient (Wildman–Crippen LogP) is 24.7. The van der Waals surface area contributed by atoms with E-state index in [0.717, 1.165) is 46.6 Å². The molecule has 3 heteroatoms. The molecule has 2 nitrogen and oxygen atoms in total. The third kappa shape index (κ3) is 15.3. The Kier molecular flexibility index (Phi) is 19.3. The van der Waals surface area contributed by atoms with Crippen LogP contribution in [0.5, 0.6) is 11.5 Å². The summed E-state index contributed by atoms with van der Waals surface area (Å²) in [4.78, 5) is 0. The van der Waals surface area contributed by atoms with Crippen molar-refractivity contribution >= 4 is 31.5 Å². The summed E-state index contributed by atoms with van der Waals surface area (Å²) in [6.45, 7) is 33.4. The highest BCUT2D eigenvalue weighted by Gasteiger charge is 2.22. The third-order valence-corrected chi connectivity index (χ3v) is 18.1. The Hall–Kier alpha value is -6.42. The van der Waals surface area contributed by atoms with Crippen molar-refractivity contribution in [1.29, 1.82) is 0 Å². The van der Waals surface area contributed by atoms with E-state index < -0.39 is 0 Å². The van der Waals surface area contributed by atoms with E-state index in [4.69, 9.17) is 9.47 Å². The first-order valence-corrected chi connectivity index (χ1v) is 32.4. The molecule has 0 radical (unpaired) electrons. The number of hydrogen-bond donors (Lipinski definition) is 0. The van der Waals surface area contributed by atoms with Crippen LogP contribution in [-0.2, 0) is 21.7 Å². The van der Waals surface area contributed by atoms with Crippen molar-refractivity contribution in [3.05, 3.63) is 180 Å². The van der Waals surface area contributed by atoms with E-state index in [-0.39, 0.29) is 21.7 Å². The molecule has 0 atom stereocenters. The van der Waals surface area contributed by atoms with Gasteiger partial charge in [-0.1, -0.05) is 258 Å². The van der Waals surface area contributed by atoms with Crippen LogP contribution in [0.4, 0.5) is 0 Å². The molecule has 0 bridgehead atoms. The number of benzene rings is 8. The summed E-state index contributed by atoms with van der Waals surface area (Å²) in [5.41, 5.74) is 19.8. The molecule has 0 spiro atoms. The average molecular weight is 1120 g/mol. The quantitative estimate of drug-likeness (QED) is 0.0630. The molecule has 0 aliphatic carbocycles. The maximum absolute atomic E-state index is 7.10. The highest BCUT2D eigenvalue weighted by atomic mass is 32.1. The molecule has 9 rings (SSSR count). The van der Waals surface area contributed by atoms with E-state index in [2.05, 4.69) is 255 Å². The maximum atomic E-state index is 7.10. The lowest BCUT2D eigenvalue weighted by Crippen LogP contribution is -2.10. The van der Waals surface area contributed by atoms with E-state index in [0.29, 0.717) is 13.2 Å². The van der Waals surface area contributed by atoms with Gasteiger partial charge < -0.3 is 9.47 Å². The largest absolute Gasteiger partial charge is 0.493 e. The van der Waals surface area contributed by atoms with Crippen LogP contribution in [-0.4, -0.2) is 13.2 Å². The third-order valence-electron chi connectivity index (χ3n) is 17.0. The zero-order valence-electron chi connectivity index (χ0n) is 53.1. The summed E-state index contributed by atoms with van der Waals surface area (Å²) in [6.07, 6.45) is 14.5. The topological polar surface area (TPSA) is 18.5 Å². The Morgan fingerprint density at radius 3 is 0.795 bits per heavy atom.